The molecule has 1 aliphatic rings. The van der Waals surface area contributed by atoms with Crippen LogP contribution in [0.4, 0.5) is 4.39 Å². The number of halogens is 1. The van der Waals surface area contributed by atoms with Crippen molar-refractivity contribution in [2.24, 2.45) is 11.8 Å². The summed E-state index contributed by atoms with van der Waals surface area (Å²) in [5, 5.41) is 9.35. The van der Waals surface area contributed by atoms with E-state index < -0.39 is 5.97 Å². The first kappa shape index (κ1) is 19.6. The maximum atomic E-state index is 13.5. The molecule has 2 heterocycles. The van der Waals surface area contributed by atoms with Gasteiger partial charge in [0.15, 0.2) is 0 Å². The summed E-state index contributed by atoms with van der Waals surface area (Å²) in [5.41, 5.74) is 4.07. The summed E-state index contributed by atoms with van der Waals surface area (Å²) in [4.78, 5) is 21.8. The van der Waals surface area contributed by atoms with Crippen LogP contribution >= 0.6 is 0 Å². The number of nitrogens with one attached hydrogen (secondary N) is 1. The standard InChI is InChI=1S/C23H26FN3O2/c1-15-5-6-20-21(9-15)26-22(25-20)11-18-14-27(8-7-17(18)12-23(28)29)13-16-3-2-4-19(24)10-16/h2-6,9-10,17-18H,7-8,11-14H2,1H3,(H,25,26)(H,28,29). The summed E-state index contributed by atoms with van der Waals surface area (Å²) in [6, 6.07) is 12.8. The van der Waals surface area contributed by atoms with Gasteiger partial charge in [-0.3, -0.25) is 9.69 Å². The second-order valence-electron chi connectivity index (χ2n) is 8.18. The van der Waals surface area contributed by atoms with E-state index in [1.54, 1.807) is 12.1 Å². The van der Waals surface area contributed by atoms with Crippen LogP contribution in [0.1, 0.15) is 29.8 Å². The lowest BCUT2D eigenvalue weighted by atomic mass is 9.81. The van der Waals surface area contributed by atoms with Crippen LogP contribution in [0.15, 0.2) is 42.5 Å². The lowest BCUT2D eigenvalue weighted by molar-refractivity contribution is -0.139. The number of aromatic nitrogens is 2. The van der Waals surface area contributed by atoms with E-state index in [1.807, 2.05) is 25.1 Å². The number of imidazole rings is 1. The van der Waals surface area contributed by atoms with Gasteiger partial charge in [-0.25, -0.2) is 9.37 Å². The number of carboxylic acid groups (broad SMARTS) is 1. The zero-order chi connectivity index (χ0) is 20.4. The highest BCUT2D eigenvalue weighted by Gasteiger charge is 2.31. The van der Waals surface area contributed by atoms with Crippen molar-refractivity contribution in [3.05, 3.63) is 65.2 Å². The van der Waals surface area contributed by atoms with E-state index in [9.17, 15) is 14.3 Å². The molecule has 6 heteroatoms. The van der Waals surface area contributed by atoms with Crippen molar-refractivity contribution in [1.29, 1.82) is 0 Å². The first-order chi connectivity index (χ1) is 14.0. The zero-order valence-electron chi connectivity index (χ0n) is 16.6. The first-order valence-corrected chi connectivity index (χ1v) is 10.1. The Hall–Kier alpha value is -2.73. The van der Waals surface area contributed by atoms with Gasteiger partial charge in [-0.1, -0.05) is 18.2 Å². The fourth-order valence-electron chi connectivity index (χ4n) is 4.44. The van der Waals surface area contributed by atoms with Gasteiger partial charge >= 0.3 is 5.97 Å². The fraction of sp³-hybridized carbons (Fsp3) is 0.391. The lowest BCUT2D eigenvalue weighted by Gasteiger charge is -2.38. The van der Waals surface area contributed by atoms with Crippen LogP contribution in [0.2, 0.25) is 0 Å². The van der Waals surface area contributed by atoms with Gasteiger partial charge < -0.3 is 10.1 Å². The number of piperidine rings is 1. The normalized spacial score (nSPS) is 20.2. The molecule has 2 atom stereocenters. The van der Waals surface area contributed by atoms with Gasteiger partial charge in [0.1, 0.15) is 11.6 Å². The highest BCUT2D eigenvalue weighted by atomic mass is 19.1. The quantitative estimate of drug-likeness (QED) is 0.657. The van der Waals surface area contributed by atoms with E-state index in [1.165, 1.54) is 11.6 Å². The molecular formula is C23H26FN3O2. The minimum atomic E-state index is -0.751. The van der Waals surface area contributed by atoms with E-state index in [0.29, 0.717) is 13.0 Å². The number of aliphatic carboxylic acids is 1. The van der Waals surface area contributed by atoms with Crippen LogP contribution in [0.25, 0.3) is 11.0 Å². The van der Waals surface area contributed by atoms with Crippen molar-refractivity contribution in [2.45, 2.75) is 32.7 Å². The van der Waals surface area contributed by atoms with Crippen molar-refractivity contribution in [3.63, 3.8) is 0 Å². The number of rotatable bonds is 6. The van der Waals surface area contributed by atoms with Crippen molar-refractivity contribution < 1.29 is 14.3 Å². The Morgan fingerprint density at radius 2 is 2.14 bits per heavy atom. The summed E-state index contributed by atoms with van der Waals surface area (Å²) in [7, 11) is 0. The molecule has 1 saturated heterocycles. The average Bonchev–Trinajstić information content (AvgIpc) is 3.05. The Labute approximate surface area is 169 Å². The van der Waals surface area contributed by atoms with Gasteiger partial charge in [0.25, 0.3) is 0 Å². The molecule has 0 aliphatic carbocycles. The van der Waals surface area contributed by atoms with Gasteiger partial charge in [-0.15, -0.1) is 0 Å². The molecule has 0 spiro atoms. The molecule has 2 unspecified atom stereocenters. The number of likely N-dealkylation sites (tertiary alicyclic amines) is 1. The van der Waals surface area contributed by atoms with Crippen molar-refractivity contribution >= 4 is 17.0 Å². The van der Waals surface area contributed by atoms with Crippen molar-refractivity contribution in [1.82, 2.24) is 14.9 Å². The molecule has 1 aromatic heterocycles. The van der Waals surface area contributed by atoms with E-state index >= 15 is 0 Å². The number of aromatic amines is 1. The number of carboxylic acids is 1. The van der Waals surface area contributed by atoms with Crippen LogP contribution in [-0.2, 0) is 17.8 Å². The largest absolute Gasteiger partial charge is 0.481 e. The third kappa shape index (κ3) is 4.82. The number of aryl methyl sites for hydroxylation is 1. The SMILES string of the molecule is Cc1ccc2nc(CC3CN(Cc4cccc(F)c4)CCC3CC(=O)O)[nH]c2c1. The van der Waals surface area contributed by atoms with E-state index in [-0.39, 0.29) is 24.1 Å². The number of H-pyrrole nitrogens is 1. The van der Waals surface area contributed by atoms with E-state index in [0.717, 1.165) is 41.9 Å². The fourth-order valence-corrected chi connectivity index (χ4v) is 4.44. The molecule has 5 nitrogen and oxygen atoms in total. The number of hydrogen-bond donors (Lipinski definition) is 2. The molecule has 0 amide bonds. The first-order valence-electron chi connectivity index (χ1n) is 10.1. The van der Waals surface area contributed by atoms with Crippen LogP contribution in [0.5, 0.6) is 0 Å². The second kappa shape index (κ2) is 8.33. The molecule has 1 fully saturated rings. The average molecular weight is 395 g/mol. The van der Waals surface area contributed by atoms with Crippen LogP contribution in [-0.4, -0.2) is 39.0 Å². The Morgan fingerprint density at radius 1 is 1.28 bits per heavy atom. The Kier molecular flexibility index (Phi) is 5.62. The summed E-state index contributed by atoms with van der Waals surface area (Å²) < 4.78 is 13.5. The van der Waals surface area contributed by atoms with Crippen molar-refractivity contribution in [2.75, 3.05) is 13.1 Å². The zero-order valence-corrected chi connectivity index (χ0v) is 16.6. The smallest absolute Gasteiger partial charge is 0.303 e. The predicted molar refractivity (Wildman–Crippen MR) is 110 cm³/mol. The minimum absolute atomic E-state index is 0.117. The lowest BCUT2D eigenvalue weighted by Crippen LogP contribution is -2.41. The Morgan fingerprint density at radius 3 is 2.93 bits per heavy atom. The summed E-state index contributed by atoms with van der Waals surface area (Å²) in [5.74, 6) is 0.232. The molecule has 3 aromatic rings. The van der Waals surface area contributed by atoms with E-state index in [2.05, 4.69) is 16.0 Å². The molecule has 2 aromatic carbocycles. The molecular weight excluding hydrogens is 369 g/mol. The Balaban J connectivity index is 1.51. The van der Waals surface area contributed by atoms with Gasteiger partial charge in [0.2, 0.25) is 0 Å². The van der Waals surface area contributed by atoms with Crippen LogP contribution in [0, 0.1) is 24.6 Å². The topological polar surface area (TPSA) is 69.2 Å². The molecule has 2 N–H and O–H groups in total. The molecule has 0 saturated carbocycles. The number of hydrogen-bond acceptors (Lipinski definition) is 3. The molecule has 4 rings (SSSR count). The maximum Gasteiger partial charge on any atom is 0.303 e. The monoisotopic (exact) mass is 395 g/mol. The van der Waals surface area contributed by atoms with Gasteiger partial charge in [0.05, 0.1) is 11.0 Å². The second-order valence-corrected chi connectivity index (χ2v) is 8.18. The maximum absolute atomic E-state index is 13.5. The summed E-state index contributed by atoms with van der Waals surface area (Å²) in [6.45, 7) is 4.33. The van der Waals surface area contributed by atoms with Crippen LogP contribution in [0.3, 0.4) is 0 Å². The number of fused-ring (bicyclic) bond motifs is 1. The number of benzene rings is 2. The highest BCUT2D eigenvalue weighted by molar-refractivity contribution is 5.75. The molecule has 29 heavy (non-hydrogen) atoms. The van der Waals surface area contributed by atoms with Gasteiger partial charge in [-0.2, -0.15) is 0 Å². The third-order valence-corrected chi connectivity index (χ3v) is 5.85. The van der Waals surface area contributed by atoms with Gasteiger partial charge in [0, 0.05) is 25.9 Å². The number of nitrogens with zero attached hydrogens (tertiary/aromatic N) is 2. The number of carbonyl (C=O) groups is 1. The summed E-state index contributed by atoms with van der Waals surface area (Å²) >= 11 is 0. The van der Waals surface area contributed by atoms with E-state index in [4.69, 9.17) is 4.98 Å². The predicted octanol–water partition coefficient (Wildman–Crippen LogP) is 4.17. The third-order valence-electron chi connectivity index (χ3n) is 5.85. The molecule has 1 aliphatic heterocycles. The molecule has 0 radical (unpaired) electrons. The molecule has 0 bridgehead atoms. The highest BCUT2D eigenvalue weighted by Crippen LogP contribution is 2.30. The molecule has 152 valence electrons. The van der Waals surface area contributed by atoms with Crippen LogP contribution < -0.4 is 0 Å². The minimum Gasteiger partial charge on any atom is -0.481 e. The van der Waals surface area contributed by atoms with Crippen molar-refractivity contribution in [3.8, 4) is 0 Å². The van der Waals surface area contributed by atoms with Gasteiger partial charge in [-0.05, 0) is 67.1 Å². The Bertz CT molecular complexity index is 1020. The summed E-state index contributed by atoms with van der Waals surface area (Å²) in [6.07, 6.45) is 1.72.